The van der Waals surface area contributed by atoms with Gasteiger partial charge in [0.05, 0.1) is 13.0 Å². The van der Waals surface area contributed by atoms with E-state index < -0.39 is 59.1 Å². The van der Waals surface area contributed by atoms with Gasteiger partial charge >= 0.3 is 12.5 Å². The summed E-state index contributed by atoms with van der Waals surface area (Å²) in [5, 5.41) is 2.40. The highest BCUT2D eigenvalue weighted by molar-refractivity contribution is 6.07. The molecule has 0 saturated heterocycles. The number of nitrogens with zero attached hydrogens (tertiary/aromatic N) is 1. The lowest BCUT2D eigenvalue weighted by Gasteiger charge is -2.30. The molecule has 3 N–H and O–H groups in total. The fourth-order valence-corrected chi connectivity index (χ4v) is 4.78. The highest BCUT2D eigenvalue weighted by Gasteiger charge is 2.42. The second kappa shape index (κ2) is 12.4. The van der Waals surface area contributed by atoms with Gasteiger partial charge in [-0.05, 0) is 73.6 Å². The smallest absolute Gasteiger partial charge is 0.493 e. The van der Waals surface area contributed by atoms with Gasteiger partial charge < -0.3 is 25.3 Å². The Labute approximate surface area is 239 Å². The number of aromatic nitrogens is 1. The Morgan fingerprint density at radius 1 is 0.930 bits per heavy atom. The Kier molecular flexibility index (Phi) is 9.01. The van der Waals surface area contributed by atoms with Crippen molar-refractivity contribution in [2.45, 2.75) is 44.1 Å². The van der Waals surface area contributed by atoms with E-state index in [1.165, 1.54) is 18.3 Å². The van der Waals surface area contributed by atoms with Crippen LogP contribution in [-0.4, -0.2) is 36.4 Å². The maximum absolute atomic E-state index is 15.6. The molecule has 43 heavy (non-hydrogen) atoms. The summed E-state index contributed by atoms with van der Waals surface area (Å²) in [6, 6.07) is 7.59. The fraction of sp³-hybridized carbons (Fsp3) is 0.321. The second-order valence-corrected chi connectivity index (χ2v) is 9.68. The monoisotopic (exact) mass is 615 g/mol. The quantitative estimate of drug-likeness (QED) is 0.261. The molecule has 1 aliphatic carbocycles. The molecule has 1 heterocycles. The van der Waals surface area contributed by atoms with Gasteiger partial charge in [-0.1, -0.05) is 0 Å². The number of methoxy groups -OCH3 is 1. The molecule has 1 aliphatic rings. The predicted molar refractivity (Wildman–Crippen MR) is 138 cm³/mol. The molecule has 3 aromatic rings. The first kappa shape index (κ1) is 31.4. The van der Waals surface area contributed by atoms with Gasteiger partial charge in [0.25, 0.3) is 11.8 Å². The first-order valence-electron chi connectivity index (χ1n) is 12.7. The highest BCUT2D eigenvalue weighted by atomic mass is 19.4. The van der Waals surface area contributed by atoms with E-state index in [4.69, 9.17) is 15.2 Å². The van der Waals surface area contributed by atoms with Gasteiger partial charge in [0.15, 0.2) is 11.5 Å². The number of nitrogens with two attached hydrogens (primary N) is 1. The SMILES string of the molecule is COc1cc(OC(F)(F)F)ccc1Oc1cc([C@H]2CC[C@@H](C(F)(F)F)CC2)cc(F)c1C(=O)Nc1ccnc(C(N)=O)c1. The maximum atomic E-state index is 15.6. The van der Waals surface area contributed by atoms with Gasteiger partial charge in [0.2, 0.25) is 0 Å². The van der Waals surface area contributed by atoms with Crippen LogP contribution in [0.3, 0.4) is 0 Å². The third-order valence-electron chi connectivity index (χ3n) is 6.82. The molecule has 1 fully saturated rings. The normalized spacial score (nSPS) is 17.2. The molecule has 8 nitrogen and oxygen atoms in total. The van der Waals surface area contributed by atoms with E-state index >= 15 is 4.39 Å². The topological polar surface area (TPSA) is 113 Å². The predicted octanol–water partition coefficient (Wildman–Crippen LogP) is 7.11. The minimum Gasteiger partial charge on any atom is -0.493 e. The van der Waals surface area contributed by atoms with Crippen molar-refractivity contribution in [2.75, 3.05) is 12.4 Å². The van der Waals surface area contributed by atoms with Crippen LogP contribution in [0.1, 0.15) is 58.0 Å². The van der Waals surface area contributed by atoms with Crippen LogP contribution in [0.15, 0.2) is 48.7 Å². The Hall–Kier alpha value is -4.56. The van der Waals surface area contributed by atoms with Gasteiger partial charge in [0, 0.05) is 18.0 Å². The third-order valence-corrected chi connectivity index (χ3v) is 6.82. The van der Waals surface area contributed by atoms with Gasteiger partial charge in [-0.3, -0.25) is 14.6 Å². The summed E-state index contributed by atoms with van der Waals surface area (Å²) in [5.41, 5.74) is 4.68. The summed E-state index contributed by atoms with van der Waals surface area (Å²) in [7, 11) is 1.13. The van der Waals surface area contributed by atoms with Crippen LogP contribution >= 0.6 is 0 Å². The molecule has 0 radical (unpaired) electrons. The number of hydrogen-bond donors (Lipinski definition) is 2. The number of carbonyl (C=O) groups is 2. The van der Waals surface area contributed by atoms with Gasteiger partial charge in [-0.15, -0.1) is 13.2 Å². The fourth-order valence-electron chi connectivity index (χ4n) is 4.78. The van der Waals surface area contributed by atoms with E-state index in [9.17, 15) is 35.9 Å². The van der Waals surface area contributed by atoms with Crippen molar-refractivity contribution in [1.29, 1.82) is 0 Å². The number of halogens is 7. The third kappa shape index (κ3) is 7.84. The molecule has 0 aliphatic heterocycles. The van der Waals surface area contributed by atoms with Crippen LogP contribution in [0.2, 0.25) is 0 Å². The van der Waals surface area contributed by atoms with E-state index in [1.54, 1.807) is 0 Å². The van der Waals surface area contributed by atoms with Crippen molar-refractivity contribution in [3.05, 3.63) is 71.3 Å². The summed E-state index contributed by atoms with van der Waals surface area (Å²) in [4.78, 5) is 28.5. The first-order valence-corrected chi connectivity index (χ1v) is 12.7. The number of nitrogens with one attached hydrogen (secondary N) is 1. The van der Waals surface area contributed by atoms with Crippen molar-refractivity contribution in [3.63, 3.8) is 0 Å². The molecule has 2 amide bonds. The molecule has 1 saturated carbocycles. The summed E-state index contributed by atoms with van der Waals surface area (Å²) in [6.07, 6.45) is -8.34. The zero-order valence-corrected chi connectivity index (χ0v) is 22.3. The molecule has 230 valence electrons. The lowest BCUT2D eigenvalue weighted by molar-refractivity contribution is -0.274. The lowest BCUT2D eigenvalue weighted by Crippen LogP contribution is -2.27. The number of primary amides is 1. The van der Waals surface area contributed by atoms with Crippen molar-refractivity contribution in [3.8, 4) is 23.0 Å². The van der Waals surface area contributed by atoms with Crippen LogP contribution in [0.25, 0.3) is 0 Å². The highest BCUT2D eigenvalue weighted by Crippen LogP contribution is 2.45. The Morgan fingerprint density at radius 3 is 2.23 bits per heavy atom. The van der Waals surface area contributed by atoms with E-state index in [0.717, 1.165) is 37.4 Å². The summed E-state index contributed by atoms with van der Waals surface area (Å²) in [5.74, 6) is -6.50. The Bertz CT molecular complexity index is 1500. The zero-order valence-electron chi connectivity index (χ0n) is 22.3. The maximum Gasteiger partial charge on any atom is 0.573 e. The molecule has 1 aromatic heterocycles. The number of benzene rings is 2. The number of carbonyl (C=O) groups excluding carboxylic acids is 2. The van der Waals surface area contributed by atoms with Crippen LogP contribution in [-0.2, 0) is 0 Å². The van der Waals surface area contributed by atoms with Gasteiger partial charge in [0.1, 0.15) is 28.6 Å². The molecule has 15 heteroatoms. The number of hydrogen-bond acceptors (Lipinski definition) is 6. The molecule has 0 spiro atoms. The minimum atomic E-state index is -5.00. The largest absolute Gasteiger partial charge is 0.573 e. The molecular formula is C28H24F7N3O5. The summed E-state index contributed by atoms with van der Waals surface area (Å²) in [6.45, 7) is 0. The number of alkyl halides is 6. The van der Waals surface area contributed by atoms with E-state index in [2.05, 4.69) is 15.0 Å². The van der Waals surface area contributed by atoms with Crippen molar-refractivity contribution in [2.24, 2.45) is 11.7 Å². The van der Waals surface area contributed by atoms with Crippen molar-refractivity contribution >= 4 is 17.5 Å². The number of ether oxygens (including phenoxy) is 3. The standard InChI is InChI=1S/C28H24F7N3O5/c1-41-22-13-18(43-28(33,34)35)6-7-21(22)42-23-11-15(14-2-4-16(5-3-14)27(30,31)32)10-19(29)24(23)26(40)38-17-8-9-37-20(12-17)25(36)39/h6-14,16H,2-5H2,1H3,(H2,36,39)(H,37,38,40)/t14-,16+. The molecule has 0 atom stereocenters. The van der Waals surface area contributed by atoms with E-state index in [0.29, 0.717) is 0 Å². The summed E-state index contributed by atoms with van der Waals surface area (Å²) >= 11 is 0. The minimum absolute atomic E-state index is 0.0277. The molecule has 4 rings (SSSR count). The first-order chi connectivity index (χ1) is 20.1. The Balaban J connectivity index is 1.71. The van der Waals surface area contributed by atoms with Crippen molar-refractivity contribution < 1.29 is 54.5 Å². The van der Waals surface area contributed by atoms with Gasteiger partial charge in [-0.2, -0.15) is 13.2 Å². The summed E-state index contributed by atoms with van der Waals surface area (Å²) < 4.78 is 108. The Morgan fingerprint density at radius 2 is 1.63 bits per heavy atom. The van der Waals surface area contributed by atoms with Gasteiger partial charge in [-0.25, -0.2) is 4.39 Å². The second-order valence-electron chi connectivity index (χ2n) is 9.68. The molecule has 0 unspecified atom stereocenters. The average molecular weight is 616 g/mol. The number of rotatable bonds is 8. The zero-order chi connectivity index (χ0) is 31.5. The number of amides is 2. The van der Waals surface area contributed by atoms with Crippen LogP contribution < -0.4 is 25.3 Å². The van der Waals surface area contributed by atoms with Crippen LogP contribution in [0.5, 0.6) is 23.0 Å². The average Bonchev–Trinajstić information content (AvgIpc) is 2.92. The number of pyridine rings is 1. The lowest BCUT2D eigenvalue weighted by atomic mass is 9.78. The van der Waals surface area contributed by atoms with E-state index in [1.807, 2.05) is 0 Å². The molecular weight excluding hydrogens is 591 g/mol. The van der Waals surface area contributed by atoms with Crippen LogP contribution in [0.4, 0.5) is 36.4 Å². The van der Waals surface area contributed by atoms with Crippen molar-refractivity contribution in [1.82, 2.24) is 4.98 Å². The van der Waals surface area contributed by atoms with Crippen LogP contribution in [0, 0.1) is 11.7 Å². The molecule has 0 bridgehead atoms. The molecule has 2 aromatic carbocycles. The number of anilines is 1. The van der Waals surface area contributed by atoms with E-state index in [-0.39, 0.29) is 54.1 Å².